The van der Waals surface area contributed by atoms with Crippen molar-refractivity contribution >= 4 is 5.97 Å². The average molecular weight is 429 g/mol. The molecule has 2 aromatic carbocycles. The van der Waals surface area contributed by atoms with Gasteiger partial charge in [0.15, 0.2) is 0 Å². The molecule has 0 heterocycles. The van der Waals surface area contributed by atoms with Gasteiger partial charge in [0.2, 0.25) is 0 Å². The van der Waals surface area contributed by atoms with Gasteiger partial charge in [0.05, 0.1) is 5.56 Å². The van der Waals surface area contributed by atoms with E-state index in [2.05, 4.69) is 6.92 Å². The molecule has 0 N–H and O–H groups in total. The first-order valence-corrected chi connectivity index (χ1v) is 11.8. The third-order valence-electron chi connectivity index (χ3n) is 6.40. The van der Waals surface area contributed by atoms with E-state index in [0.717, 1.165) is 37.7 Å². The second-order valence-corrected chi connectivity index (χ2v) is 8.81. The molecule has 0 aliphatic heterocycles. The number of carbonyl (C=O) groups is 1. The Labute approximate surface area is 185 Å². The van der Waals surface area contributed by atoms with E-state index in [1.165, 1.54) is 57.1 Å². The van der Waals surface area contributed by atoms with E-state index in [1.54, 1.807) is 24.3 Å². The van der Waals surface area contributed by atoms with Gasteiger partial charge in [0.1, 0.15) is 17.7 Å². The molecule has 4 heteroatoms. The SMILES string of the molecule is CCCCCCCCC1CCC(OC(=O)c2ccc(-c3ccc(F)cc3F)cc2)CC1. The summed E-state index contributed by atoms with van der Waals surface area (Å²) in [6.45, 7) is 2.25. The number of hydrogen-bond donors (Lipinski definition) is 0. The lowest BCUT2D eigenvalue weighted by molar-refractivity contribution is 0.0161. The Hall–Kier alpha value is -2.23. The smallest absolute Gasteiger partial charge is 0.338 e. The van der Waals surface area contributed by atoms with Crippen LogP contribution in [-0.4, -0.2) is 12.1 Å². The predicted octanol–water partition coefficient (Wildman–Crippen LogP) is 8.10. The molecule has 0 spiro atoms. The number of unbranched alkanes of at least 4 members (excludes halogenated alkanes) is 5. The Morgan fingerprint density at radius 1 is 0.903 bits per heavy atom. The molecule has 1 aliphatic rings. The largest absolute Gasteiger partial charge is 0.459 e. The maximum atomic E-state index is 14.0. The summed E-state index contributed by atoms with van der Waals surface area (Å²) in [7, 11) is 0. The van der Waals surface area contributed by atoms with Crippen molar-refractivity contribution in [2.24, 2.45) is 5.92 Å². The van der Waals surface area contributed by atoms with Crippen LogP contribution in [0.3, 0.4) is 0 Å². The highest BCUT2D eigenvalue weighted by atomic mass is 19.1. The summed E-state index contributed by atoms with van der Waals surface area (Å²) >= 11 is 0. The van der Waals surface area contributed by atoms with E-state index in [9.17, 15) is 13.6 Å². The number of benzene rings is 2. The molecule has 3 rings (SSSR count). The number of esters is 1. The fourth-order valence-electron chi connectivity index (χ4n) is 4.48. The average Bonchev–Trinajstić information content (AvgIpc) is 2.77. The summed E-state index contributed by atoms with van der Waals surface area (Å²) in [5, 5.41) is 0. The van der Waals surface area contributed by atoms with Crippen LogP contribution in [0.1, 0.15) is 87.9 Å². The molecule has 1 aliphatic carbocycles. The zero-order valence-corrected chi connectivity index (χ0v) is 18.5. The maximum Gasteiger partial charge on any atom is 0.338 e. The molecule has 2 aromatic rings. The Morgan fingerprint density at radius 3 is 2.26 bits per heavy atom. The van der Waals surface area contributed by atoms with Gasteiger partial charge in [-0.15, -0.1) is 0 Å². The van der Waals surface area contributed by atoms with Gasteiger partial charge in [0.25, 0.3) is 0 Å². The fourth-order valence-corrected chi connectivity index (χ4v) is 4.48. The molecule has 1 saturated carbocycles. The van der Waals surface area contributed by atoms with Gasteiger partial charge >= 0.3 is 5.97 Å². The van der Waals surface area contributed by atoms with Crippen LogP contribution in [-0.2, 0) is 4.74 Å². The molecule has 2 nitrogen and oxygen atoms in total. The van der Waals surface area contributed by atoms with Crippen LogP contribution in [0.2, 0.25) is 0 Å². The minimum atomic E-state index is -0.618. The quantitative estimate of drug-likeness (QED) is 0.282. The third kappa shape index (κ3) is 7.15. The Balaban J connectivity index is 1.42. The first-order valence-electron chi connectivity index (χ1n) is 11.8. The van der Waals surface area contributed by atoms with E-state index in [-0.39, 0.29) is 12.1 Å². The molecule has 0 atom stereocenters. The number of halogens is 2. The van der Waals surface area contributed by atoms with Crippen molar-refractivity contribution in [3.63, 3.8) is 0 Å². The van der Waals surface area contributed by atoms with Gasteiger partial charge < -0.3 is 4.74 Å². The molecule has 0 bridgehead atoms. The molecule has 0 radical (unpaired) electrons. The highest BCUT2D eigenvalue weighted by molar-refractivity contribution is 5.90. The van der Waals surface area contributed by atoms with Crippen LogP contribution in [0.5, 0.6) is 0 Å². The Kier molecular flexibility index (Phi) is 9.05. The van der Waals surface area contributed by atoms with Crippen molar-refractivity contribution in [1.82, 2.24) is 0 Å². The Bertz CT molecular complexity index is 824. The molecule has 168 valence electrons. The summed E-state index contributed by atoms with van der Waals surface area (Å²) in [5.41, 5.74) is 1.37. The fraction of sp³-hybridized carbons (Fsp3) is 0.519. The summed E-state index contributed by atoms with van der Waals surface area (Å²) in [6, 6.07) is 10.1. The van der Waals surface area contributed by atoms with Gasteiger partial charge in [-0.2, -0.15) is 0 Å². The Morgan fingerprint density at radius 2 is 1.58 bits per heavy atom. The van der Waals surface area contributed by atoms with Crippen LogP contribution in [0.4, 0.5) is 8.78 Å². The van der Waals surface area contributed by atoms with E-state index < -0.39 is 11.6 Å². The van der Waals surface area contributed by atoms with Crippen molar-refractivity contribution in [3.8, 4) is 11.1 Å². The van der Waals surface area contributed by atoms with Crippen LogP contribution >= 0.6 is 0 Å². The van der Waals surface area contributed by atoms with Gasteiger partial charge in [-0.25, -0.2) is 13.6 Å². The van der Waals surface area contributed by atoms with Gasteiger partial charge in [-0.1, -0.05) is 64.0 Å². The lowest BCUT2D eigenvalue weighted by Gasteiger charge is -2.28. The van der Waals surface area contributed by atoms with E-state index in [4.69, 9.17) is 4.74 Å². The van der Waals surface area contributed by atoms with E-state index in [1.807, 2.05) is 0 Å². The van der Waals surface area contributed by atoms with Crippen molar-refractivity contribution in [3.05, 3.63) is 59.7 Å². The first-order chi connectivity index (χ1) is 15.1. The lowest BCUT2D eigenvalue weighted by Crippen LogP contribution is -2.24. The molecule has 0 saturated heterocycles. The first kappa shape index (κ1) is 23.4. The topological polar surface area (TPSA) is 26.3 Å². The third-order valence-corrected chi connectivity index (χ3v) is 6.40. The number of rotatable bonds is 10. The summed E-state index contributed by atoms with van der Waals surface area (Å²) in [6.07, 6.45) is 13.4. The van der Waals surface area contributed by atoms with Crippen LogP contribution in [0, 0.1) is 17.6 Å². The molecule has 0 aromatic heterocycles. The summed E-state index contributed by atoms with van der Waals surface area (Å²) < 4.78 is 32.8. The van der Waals surface area contributed by atoms with E-state index >= 15 is 0 Å². The molecule has 1 fully saturated rings. The molecule has 0 unspecified atom stereocenters. The number of hydrogen-bond acceptors (Lipinski definition) is 2. The zero-order valence-electron chi connectivity index (χ0n) is 18.5. The zero-order chi connectivity index (χ0) is 22.1. The standard InChI is InChI=1S/C27H34F2O2/c1-2-3-4-5-6-7-8-20-9-16-24(17-10-20)31-27(30)22-13-11-21(12-14-22)25-18-15-23(28)19-26(25)29/h11-15,18-20,24H,2-10,16-17H2,1H3. The van der Waals surface area contributed by atoms with Crippen LogP contribution in [0.15, 0.2) is 42.5 Å². The maximum absolute atomic E-state index is 14.0. The van der Waals surface area contributed by atoms with Crippen molar-refractivity contribution in [1.29, 1.82) is 0 Å². The van der Waals surface area contributed by atoms with E-state index in [0.29, 0.717) is 16.7 Å². The van der Waals surface area contributed by atoms with Crippen molar-refractivity contribution in [2.75, 3.05) is 0 Å². The van der Waals surface area contributed by atoms with Crippen LogP contribution in [0.25, 0.3) is 11.1 Å². The number of ether oxygens (including phenoxy) is 1. The lowest BCUT2D eigenvalue weighted by atomic mass is 9.84. The second-order valence-electron chi connectivity index (χ2n) is 8.81. The van der Waals surface area contributed by atoms with Gasteiger partial charge in [-0.3, -0.25) is 0 Å². The normalized spacial score (nSPS) is 18.7. The molecular formula is C27H34F2O2. The van der Waals surface area contributed by atoms with Crippen LogP contribution < -0.4 is 0 Å². The van der Waals surface area contributed by atoms with Gasteiger partial charge in [-0.05, 0) is 61.4 Å². The van der Waals surface area contributed by atoms with Crippen molar-refractivity contribution < 1.29 is 18.3 Å². The predicted molar refractivity (Wildman–Crippen MR) is 121 cm³/mol. The van der Waals surface area contributed by atoms with Crippen molar-refractivity contribution in [2.45, 2.75) is 83.7 Å². The summed E-state index contributed by atoms with van der Waals surface area (Å²) in [4.78, 5) is 12.5. The highest BCUT2D eigenvalue weighted by Crippen LogP contribution is 2.31. The van der Waals surface area contributed by atoms with Gasteiger partial charge in [0, 0.05) is 11.6 Å². The minimum Gasteiger partial charge on any atom is -0.459 e. The molecule has 0 amide bonds. The minimum absolute atomic E-state index is 0.0116. The second kappa shape index (κ2) is 12.0. The molecular weight excluding hydrogens is 394 g/mol. The molecule has 31 heavy (non-hydrogen) atoms. The summed E-state index contributed by atoms with van der Waals surface area (Å²) in [5.74, 6) is -0.785. The number of carbonyl (C=O) groups excluding carboxylic acids is 1. The monoisotopic (exact) mass is 428 g/mol. The highest BCUT2D eigenvalue weighted by Gasteiger charge is 2.24.